The molecule has 2 heterocycles. The fraction of sp³-hybridized carbons (Fsp3) is 0.769. The van der Waals surface area contributed by atoms with Crippen LogP contribution in [0.25, 0.3) is 0 Å². The third-order valence-corrected chi connectivity index (χ3v) is 5.84. The lowest BCUT2D eigenvalue weighted by Crippen LogP contribution is -2.44. The minimum Gasteiger partial charge on any atom is -0.332 e. The van der Waals surface area contributed by atoms with Crippen molar-refractivity contribution in [2.45, 2.75) is 44.7 Å². The molecule has 0 aromatic carbocycles. The van der Waals surface area contributed by atoms with Gasteiger partial charge in [0.2, 0.25) is 0 Å². The van der Waals surface area contributed by atoms with Gasteiger partial charge in [-0.15, -0.1) is 0 Å². The van der Waals surface area contributed by atoms with Crippen LogP contribution in [0.15, 0.2) is 11.2 Å². The van der Waals surface area contributed by atoms with E-state index in [9.17, 15) is 8.42 Å². The number of hydrogen-bond acceptors (Lipinski definition) is 4. The molecule has 1 saturated heterocycles. The highest BCUT2D eigenvalue weighted by atomic mass is 32.2. The number of nitrogens with zero attached hydrogens (tertiary/aromatic N) is 2. The molecule has 0 bridgehead atoms. The number of hydrogen-bond donors (Lipinski definition) is 2. The Bertz CT molecular complexity index is 532. The summed E-state index contributed by atoms with van der Waals surface area (Å²) in [7, 11) is -3.41. The third-order valence-electron chi connectivity index (χ3n) is 4.03. The molecule has 1 aromatic heterocycles. The van der Waals surface area contributed by atoms with Crippen LogP contribution in [-0.2, 0) is 10.0 Å². The molecule has 2 rings (SSSR count). The topological polar surface area (TPSA) is 78.1 Å². The molecule has 1 aliphatic rings. The summed E-state index contributed by atoms with van der Waals surface area (Å²) >= 11 is 0. The van der Waals surface area contributed by atoms with Gasteiger partial charge in [0, 0.05) is 19.1 Å². The summed E-state index contributed by atoms with van der Waals surface area (Å²) in [5.41, 5.74) is 0. The lowest BCUT2D eigenvalue weighted by molar-refractivity contribution is 0.232. The molecule has 0 aliphatic carbocycles. The Kier molecular flexibility index (Phi) is 4.82. The minimum absolute atomic E-state index is 0.202. The molecule has 0 radical (unpaired) electrons. The Balaban J connectivity index is 2.00. The molecule has 1 atom stereocenters. The van der Waals surface area contributed by atoms with E-state index in [0.717, 1.165) is 19.4 Å². The molecular formula is C13H24N4O2S. The van der Waals surface area contributed by atoms with Gasteiger partial charge in [-0.25, -0.2) is 13.4 Å². The highest BCUT2D eigenvalue weighted by Gasteiger charge is 2.32. The van der Waals surface area contributed by atoms with Gasteiger partial charge in [0.15, 0.2) is 5.03 Å². The van der Waals surface area contributed by atoms with E-state index in [2.05, 4.69) is 29.1 Å². The SMILES string of the molecule is CCNC(C)C1CCN(S(=O)(=O)c2cnc(C)[nH]2)CC1. The van der Waals surface area contributed by atoms with Crippen molar-refractivity contribution in [3.05, 3.63) is 12.0 Å². The van der Waals surface area contributed by atoms with Gasteiger partial charge in [-0.3, -0.25) is 0 Å². The fourth-order valence-electron chi connectivity index (χ4n) is 2.77. The molecule has 1 fully saturated rings. The lowest BCUT2D eigenvalue weighted by Gasteiger charge is -2.34. The maximum atomic E-state index is 12.4. The molecule has 1 aliphatic heterocycles. The van der Waals surface area contributed by atoms with Gasteiger partial charge < -0.3 is 10.3 Å². The summed E-state index contributed by atoms with van der Waals surface area (Å²) in [6.45, 7) is 8.14. The van der Waals surface area contributed by atoms with Gasteiger partial charge in [-0.05, 0) is 39.2 Å². The number of imidazole rings is 1. The second-order valence-corrected chi connectivity index (χ2v) is 7.33. The number of aromatic amines is 1. The van der Waals surface area contributed by atoms with E-state index in [1.807, 2.05) is 0 Å². The first-order valence-corrected chi connectivity index (χ1v) is 8.64. The average Bonchev–Trinajstić information content (AvgIpc) is 2.86. The Morgan fingerprint density at radius 2 is 2.15 bits per heavy atom. The van der Waals surface area contributed by atoms with Crippen LogP contribution in [0.1, 0.15) is 32.5 Å². The summed E-state index contributed by atoms with van der Waals surface area (Å²) in [4.78, 5) is 6.79. The van der Waals surface area contributed by atoms with Crippen molar-refractivity contribution in [3.63, 3.8) is 0 Å². The van der Waals surface area contributed by atoms with Crippen LogP contribution in [0.4, 0.5) is 0 Å². The summed E-state index contributed by atoms with van der Waals surface area (Å²) < 4.78 is 26.4. The van der Waals surface area contributed by atoms with Crippen LogP contribution in [-0.4, -0.2) is 48.4 Å². The Morgan fingerprint density at radius 3 is 2.65 bits per heavy atom. The molecule has 2 N–H and O–H groups in total. The van der Waals surface area contributed by atoms with Crippen LogP contribution >= 0.6 is 0 Å². The molecule has 1 unspecified atom stereocenters. The normalized spacial score (nSPS) is 20.1. The predicted molar refractivity (Wildman–Crippen MR) is 77.9 cm³/mol. The number of H-pyrrole nitrogens is 1. The van der Waals surface area contributed by atoms with Crippen molar-refractivity contribution in [1.82, 2.24) is 19.6 Å². The zero-order valence-electron chi connectivity index (χ0n) is 12.4. The average molecular weight is 300 g/mol. The minimum atomic E-state index is -3.41. The zero-order chi connectivity index (χ0) is 14.8. The van der Waals surface area contributed by atoms with Gasteiger partial charge in [0.05, 0.1) is 6.20 Å². The van der Waals surface area contributed by atoms with E-state index >= 15 is 0 Å². The lowest BCUT2D eigenvalue weighted by atomic mass is 9.91. The summed E-state index contributed by atoms with van der Waals surface area (Å²) in [6, 6.07) is 0.444. The number of sulfonamides is 1. The first-order valence-electron chi connectivity index (χ1n) is 7.20. The molecule has 114 valence electrons. The van der Waals surface area contributed by atoms with Gasteiger partial charge in [-0.2, -0.15) is 4.31 Å². The van der Waals surface area contributed by atoms with Crippen molar-refractivity contribution in [2.75, 3.05) is 19.6 Å². The van der Waals surface area contributed by atoms with E-state index in [0.29, 0.717) is 30.9 Å². The molecule has 1 aromatic rings. The van der Waals surface area contributed by atoms with Crippen LogP contribution < -0.4 is 5.32 Å². The molecule has 0 spiro atoms. The van der Waals surface area contributed by atoms with Crippen molar-refractivity contribution in [1.29, 1.82) is 0 Å². The van der Waals surface area contributed by atoms with Crippen molar-refractivity contribution in [2.24, 2.45) is 5.92 Å². The Hall–Kier alpha value is -0.920. The highest BCUT2D eigenvalue weighted by Crippen LogP contribution is 2.25. The highest BCUT2D eigenvalue weighted by molar-refractivity contribution is 7.89. The van der Waals surface area contributed by atoms with Crippen LogP contribution in [0.2, 0.25) is 0 Å². The molecule has 0 amide bonds. The Labute approximate surface area is 121 Å². The largest absolute Gasteiger partial charge is 0.332 e. The second-order valence-electron chi connectivity index (χ2n) is 5.42. The summed E-state index contributed by atoms with van der Waals surface area (Å²) in [5.74, 6) is 1.17. The van der Waals surface area contributed by atoms with Crippen molar-refractivity contribution in [3.8, 4) is 0 Å². The number of piperidine rings is 1. The monoisotopic (exact) mass is 300 g/mol. The zero-order valence-corrected chi connectivity index (χ0v) is 13.2. The Morgan fingerprint density at radius 1 is 1.50 bits per heavy atom. The first-order chi connectivity index (χ1) is 9.45. The van der Waals surface area contributed by atoms with Gasteiger partial charge >= 0.3 is 0 Å². The summed E-state index contributed by atoms with van der Waals surface area (Å²) in [5, 5.41) is 3.62. The van der Waals surface area contributed by atoms with Crippen molar-refractivity contribution >= 4 is 10.0 Å². The second kappa shape index (κ2) is 6.24. The number of rotatable bonds is 5. The third kappa shape index (κ3) is 3.21. The molecule has 20 heavy (non-hydrogen) atoms. The molecular weight excluding hydrogens is 276 g/mol. The molecule has 0 saturated carbocycles. The first kappa shape index (κ1) is 15.5. The maximum Gasteiger partial charge on any atom is 0.260 e. The van der Waals surface area contributed by atoms with Crippen LogP contribution in [0.5, 0.6) is 0 Å². The molecule has 6 nitrogen and oxygen atoms in total. The van der Waals surface area contributed by atoms with E-state index in [4.69, 9.17) is 0 Å². The van der Waals surface area contributed by atoms with Crippen LogP contribution in [0, 0.1) is 12.8 Å². The molecule has 7 heteroatoms. The van der Waals surface area contributed by atoms with Gasteiger partial charge in [-0.1, -0.05) is 6.92 Å². The van der Waals surface area contributed by atoms with Gasteiger partial charge in [0.25, 0.3) is 10.0 Å². The van der Waals surface area contributed by atoms with Crippen molar-refractivity contribution < 1.29 is 8.42 Å². The summed E-state index contributed by atoms with van der Waals surface area (Å²) in [6.07, 6.45) is 3.21. The smallest absolute Gasteiger partial charge is 0.260 e. The quantitative estimate of drug-likeness (QED) is 0.854. The van der Waals surface area contributed by atoms with Gasteiger partial charge in [0.1, 0.15) is 5.82 Å². The number of aryl methyl sites for hydroxylation is 1. The van der Waals surface area contributed by atoms with E-state index in [-0.39, 0.29) is 5.03 Å². The van der Waals surface area contributed by atoms with E-state index in [1.54, 1.807) is 11.2 Å². The van der Waals surface area contributed by atoms with E-state index in [1.165, 1.54) is 6.20 Å². The maximum absolute atomic E-state index is 12.4. The standard InChI is InChI=1S/C13H24N4O2S/c1-4-14-10(2)12-5-7-17(8-6-12)20(18,19)13-9-15-11(3)16-13/h9-10,12,14H,4-8H2,1-3H3,(H,15,16). The number of aromatic nitrogens is 2. The number of nitrogens with one attached hydrogen (secondary N) is 2. The fourth-order valence-corrected chi connectivity index (χ4v) is 4.21. The van der Waals surface area contributed by atoms with E-state index < -0.39 is 10.0 Å². The van der Waals surface area contributed by atoms with Crippen LogP contribution in [0.3, 0.4) is 0 Å². The predicted octanol–water partition coefficient (Wildman–Crippen LogP) is 1.12.